The predicted molar refractivity (Wildman–Crippen MR) is 102 cm³/mol. The molecule has 0 atom stereocenters. The Morgan fingerprint density at radius 3 is 2.12 bits per heavy atom. The van der Waals surface area contributed by atoms with Crippen LogP contribution in [0.4, 0.5) is 0 Å². The van der Waals surface area contributed by atoms with Crippen molar-refractivity contribution in [2.75, 3.05) is 21.3 Å². The monoisotopic (exact) mass is 354 g/mol. The Bertz CT molecular complexity index is 1050. The summed E-state index contributed by atoms with van der Waals surface area (Å²) in [6, 6.07) is 7.16. The van der Waals surface area contributed by atoms with E-state index in [9.17, 15) is 4.79 Å². The number of methoxy groups -OCH3 is 3. The Morgan fingerprint density at radius 1 is 0.846 bits per heavy atom. The highest BCUT2D eigenvalue weighted by Gasteiger charge is 2.21. The van der Waals surface area contributed by atoms with Gasteiger partial charge in [-0.15, -0.1) is 0 Å². The van der Waals surface area contributed by atoms with Crippen molar-refractivity contribution in [3.8, 4) is 28.6 Å². The quantitative estimate of drug-likeness (QED) is 0.694. The Kier molecular flexibility index (Phi) is 4.64. The van der Waals surface area contributed by atoms with Gasteiger partial charge in [-0.05, 0) is 44.5 Å². The fraction of sp³-hybridized carbons (Fsp3) is 0.286. The molecule has 0 spiro atoms. The fourth-order valence-electron chi connectivity index (χ4n) is 3.38. The van der Waals surface area contributed by atoms with Crippen molar-refractivity contribution in [3.63, 3.8) is 0 Å². The van der Waals surface area contributed by atoms with Gasteiger partial charge in [0.15, 0.2) is 5.43 Å². The molecule has 0 unspecified atom stereocenters. The second-order valence-corrected chi connectivity index (χ2v) is 6.18. The molecule has 0 aliphatic rings. The van der Waals surface area contributed by atoms with Gasteiger partial charge < -0.3 is 18.6 Å². The van der Waals surface area contributed by atoms with E-state index in [4.69, 9.17) is 18.6 Å². The van der Waals surface area contributed by atoms with Crippen LogP contribution in [0.3, 0.4) is 0 Å². The zero-order valence-corrected chi connectivity index (χ0v) is 15.9. The van der Waals surface area contributed by atoms with E-state index in [0.717, 1.165) is 28.0 Å². The number of fused-ring (bicyclic) bond motifs is 1. The molecule has 26 heavy (non-hydrogen) atoms. The van der Waals surface area contributed by atoms with Crippen LogP contribution in [0.15, 0.2) is 33.5 Å². The molecule has 1 heterocycles. The lowest BCUT2D eigenvalue weighted by molar-refractivity contribution is 0.388. The Labute approximate surface area is 152 Å². The van der Waals surface area contributed by atoms with Crippen LogP contribution in [0.5, 0.6) is 17.2 Å². The summed E-state index contributed by atoms with van der Waals surface area (Å²) in [6.45, 7) is 5.69. The molecule has 5 nitrogen and oxygen atoms in total. The largest absolute Gasteiger partial charge is 0.496 e. The van der Waals surface area contributed by atoms with Crippen LogP contribution >= 0.6 is 0 Å². The molecule has 0 aliphatic heterocycles. The van der Waals surface area contributed by atoms with Gasteiger partial charge in [-0.25, -0.2) is 0 Å². The van der Waals surface area contributed by atoms with Gasteiger partial charge in [0.2, 0.25) is 0 Å². The summed E-state index contributed by atoms with van der Waals surface area (Å²) in [4.78, 5) is 12.9. The highest BCUT2D eigenvalue weighted by Crippen LogP contribution is 2.39. The molecule has 0 amide bonds. The van der Waals surface area contributed by atoms with Crippen molar-refractivity contribution in [1.29, 1.82) is 0 Å². The predicted octanol–water partition coefficient (Wildman–Crippen LogP) is 4.41. The number of hydrogen-bond acceptors (Lipinski definition) is 5. The van der Waals surface area contributed by atoms with Crippen LogP contribution in [-0.2, 0) is 0 Å². The molecule has 3 rings (SSSR count). The molecule has 0 bridgehead atoms. The van der Waals surface area contributed by atoms with Gasteiger partial charge in [0.1, 0.15) is 34.0 Å². The van der Waals surface area contributed by atoms with Gasteiger partial charge in [0.05, 0.1) is 21.3 Å². The highest BCUT2D eigenvalue weighted by atomic mass is 16.5. The van der Waals surface area contributed by atoms with Crippen molar-refractivity contribution in [1.82, 2.24) is 0 Å². The minimum Gasteiger partial charge on any atom is -0.496 e. The number of benzene rings is 2. The summed E-state index contributed by atoms with van der Waals surface area (Å²) < 4.78 is 22.4. The van der Waals surface area contributed by atoms with Crippen LogP contribution in [-0.4, -0.2) is 21.3 Å². The molecule has 0 saturated carbocycles. The van der Waals surface area contributed by atoms with E-state index in [1.54, 1.807) is 14.2 Å². The maximum atomic E-state index is 12.9. The van der Waals surface area contributed by atoms with E-state index in [-0.39, 0.29) is 5.43 Å². The normalized spacial score (nSPS) is 10.8. The maximum absolute atomic E-state index is 12.9. The molecule has 0 aliphatic carbocycles. The Morgan fingerprint density at radius 2 is 1.54 bits per heavy atom. The maximum Gasteiger partial charge on any atom is 0.197 e. The van der Waals surface area contributed by atoms with E-state index >= 15 is 0 Å². The Hall–Kier alpha value is -2.95. The van der Waals surface area contributed by atoms with Crippen LogP contribution in [0.2, 0.25) is 0 Å². The second-order valence-electron chi connectivity index (χ2n) is 6.18. The average molecular weight is 354 g/mol. The standard InChI is InChI=1S/C21H22O5/c1-11-9-14(7-8-16(11)23-4)17-10-15(22)18-20(25-6)12(2)19(24-5)13(3)21(18)26-17/h7-10H,1-6H3. The van der Waals surface area contributed by atoms with Crippen LogP contribution in [0.25, 0.3) is 22.3 Å². The first kappa shape index (κ1) is 17.9. The first-order valence-electron chi connectivity index (χ1n) is 8.26. The van der Waals surface area contributed by atoms with Gasteiger partial charge in [0, 0.05) is 22.8 Å². The number of rotatable bonds is 4. The molecule has 0 N–H and O–H groups in total. The van der Waals surface area contributed by atoms with Crippen LogP contribution in [0.1, 0.15) is 16.7 Å². The number of ether oxygens (including phenoxy) is 3. The third-order valence-electron chi connectivity index (χ3n) is 4.62. The minimum atomic E-state index is -0.152. The number of aryl methyl sites for hydroxylation is 2. The van der Waals surface area contributed by atoms with Gasteiger partial charge >= 0.3 is 0 Å². The van der Waals surface area contributed by atoms with Crippen molar-refractivity contribution in [2.45, 2.75) is 20.8 Å². The van der Waals surface area contributed by atoms with E-state index in [2.05, 4.69) is 0 Å². The average Bonchev–Trinajstić information content (AvgIpc) is 2.63. The summed E-state index contributed by atoms with van der Waals surface area (Å²) in [5.41, 5.74) is 3.63. The lowest BCUT2D eigenvalue weighted by Crippen LogP contribution is -2.07. The smallest absolute Gasteiger partial charge is 0.197 e. The van der Waals surface area contributed by atoms with Gasteiger partial charge in [-0.2, -0.15) is 0 Å². The van der Waals surface area contributed by atoms with Gasteiger partial charge in [-0.3, -0.25) is 4.79 Å². The third kappa shape index (κ3) is 2.69. The van der Waals surface area contributed by atoms with Crippen molar-refractivity contribution in [3.05, 3.63) is 51.2 Å². The lowest BCUT2D eigenvalue weighted by Gasteiger charge is -2.16. The topological polar surface area (TPSA) is 57.9 Å². The fourth-order valence-corrected chi connectivity index (χ4v) is 3.38. The van der Waals surface area contributed by atoms with Gasteiger partial charge in [-0.1, -0.05) is 0 Å². The molecule has 5 heteroatoms. The SMILES string of the molecule is COc1ccc(-c2cc(=O)c3c(OC)c(C)c(OC)c(C)c3o2)cc1C. The number of hydrogen-bond donors (Lipinski definition) is 0. The lowest BCUT2D eigenvalue weighted by atomic mass is 10.0. The van der Waals surface area contributed by atoms with Gasteiger partial charge in [0.25, 0.3) is 0 Å². The van der Waals surface area contributed by atoms with Crippen LogP contribution < -0.4 is 19.6 Å². The summed E-state index contributed by atoms with van der Waals surface area (Å²) in [6.07, 6.45) is 0. The van der Waals surface area contributed by atoms with E-state index < -0.39 is 0 Å². The summed E-state index contributed by atoms with van der Waals surface area (Å²) >= 11 is 0. The summed E-state index contributed by atoms with van der Waals surface area (Å²) in [5, 5.41) is 0.428. The first-order valence-corrected chi connectivity index (χ1v) is 8.26. The molecular weight excluding hydrogens is 332 g/mol. The zero-order chi connectivity index (χ0) is 19.0. The summed E-state index contributed by atoms with van der Waals surface area (Å²) in [7, 11) is 4.76. The molecule has 2 aromatic carbocycles. The van der Waals surface area contributed by atoms with E-state index in [1.807, 2.05) is 39.0 Å². The zero-order valence-electron chi connectivity index (χ0n) is 15.9. The molecule has 3 aromatic rings. The molecule has 0 radical (unpaired) electrons. The Balaban J connectivity index is 2.35. The van der Waals surface area contributed by atoms with Crippen molar-refractivity contribution < 1.29 is 18.6 Å². The first-order chi connectivity index (χ1) is 12.4. The van der Waals surface area contributed by atoms with E-state index in [0.29, 0.717) is 28.2 Å². The molecule has 0 saturated heterocycles. The second kappa shape index (κ2) is 6.75. The van der Waals surface area contributed by atoms with Crippen molar-refractivity contribution in [2.24, 2.45) is 0 Å². The minimum absolute atomic E-state index is 0.152. The highest BCUT2D eigenvalue weighted by molar-refractivity contribution is 5.91. The summed E-state index contributed by atoms with van der Waals surface area (Å²) in [5.74, 6) is 2.41. The van der Waals surface area contributed by atoms with Crippen molar-refractivity contribution >= 4 is 11.0 Å². The van der Waals surface area contributed by atoms with E-state index in [1.165, 1.54) is 13.2 Å². The third-order valence-corrected chi connectivity index (χ3v) is 4.62. The van der Waals surface area contributed by atoms with Crippen LogP contribution in [0, 0.1) is 20.8 Å². The molecular formula is C21H22O5. The molecule has 1 aromatic heterocycles. The molecule has 136 valence electrons. The molecule has 0 fully saturated rings.